The maximum Gasteiger partial charge on any atom is 0.223 e. The van der Waals surface area contributed by atoms with Crippen LogP contribution in [0.3, 0.4) is 0 Å². The zero-order valence-corrected chi connectivity index (χ0v) is 12.0. The molecule has 0 rings (SSSR count). The van der Waals surface area contributed by atoms with Crippen molar-refractivity contribution in [3.05, 3.63) is 0 Å². The molecule has 0 aliphatic heterocycles. The standard InChI is InChI=1S/C12H23Cl2NO/c1-4-6-10(7-5-2)11(16)15-12(3,8-13)9-14/h10H,4-9H2,1-3H3,(H,15,16). The van der Waals surface area contributed by atoms with Gasteiger partial charge in [0, 0.05) is 17.7 Å². The number of nitrogens with one attached hydrogen (secondary N) is 1. The van der Waals surface area contributed by atoms with E-state index in [9.17, 15) is 4.79 Å². The largest absolute Gasteiger partial charge is 0.348 e. The van der Waals surface area contributed by atoms with Crippen molar-refractivity contribution in [2.75, 3.05) is 11.8 Å². The van der Waals surface area contributed by atoms with Crippen molar-refractivity contribution >= 4 is 29.1 Å². The monoisotopic (exact) mass is 267 g/mol. The van der Waals surface area contributed by atoms with Crippen molar-refractivity contribution in [1.82, 2.24) is 5.32 Å². The fourth-order valence-electron chi connectivity index (χ4n) is 1.61. The molecule has 0 saturated carbocycles. The van der Waals surface area contributed by atoms with Crippen molar-refractivity contribution in [2.45, 2.75) is 52.0 Å². The summed E-state index contributed by atoms with van der Waals surface area (Å²) >= 11 is 11.6. The lowest BCUT2D eigenvalue weighted by atomic mass is 9.96. The molecule has 0 aliphatic rings. The van der Waals surface area contributed by atoms with Crippen LogP contribution >= 0.6 is 23.2 Å². The van der Waals surface area contributed by atoms with Crippen LogP contribution in [-0.2, 0) is 4.79 Å². The van der Waals surface area contributed by atoms with E-state index in [1.54, 1.807) is 0 Å². The molecule has 16 heavy (non-hydrogen) atoms. The second-order valence-electron chi connectivity index (χ2n) is 4.59. The Morgan fingerprint density at radius 1 is 1.19 bits per heavy atom. The van der Waals surface area contributed by atoms with Crippen molar-refractivity contribution in [1.29, 1.82) is 0 Å². The number of amides is 1. The van der Waals surface area contributed by atoms with E-state index >= 15 is 0 Å². The molecule has 0 unspecified atom stereocenters. The Morgan fingerprint density at radius 3 is 1.94 bits per heavy atom. The van der Waals surface area contributed by atoms with Crippen LogP contribution in [0.1, 0.15) is 46.5 Å². The van der Waals surface area contributed by atoms with Gasteiger partial charge in [0.15, 0.2) is 0 Å². The molecule has 0 aromatic heterocycles. The molecule has 0 aromatic carbocycles. The van der Waals surface area contributed by atoms with Crippen LogP contribution in [0.5, 0.6) is 0 Å². The van der Waals surface area contributed by atoms with Crippen LogP contribution in [0, 0.1) is 5.92 Å². The second kappa shape index (κ2) is 8.19. The molecular formula is C12H23Cl2NO. The Bertz CT molecular complexity index is 199. The minimum absolute atomic E-state index is 0.0903. The Morgan fingerprint density at radius 2 is 1.62 bits per heavy atom. The van der Waals surface area contributed by atoms with Crippen LogP contribution in [0.25, 0.3) is 0 Å². The Balaban J connectivity index is 4.38. The Kier molecular flexibility index (Phi) is 8.21. The number of rotatable bonds is 8. The van der Waals surface area contributed by atoms with E-state index in [1.807, 2.05) is 6.92 Å². The molecule has 2 nitrogen and oxygen atoms in total. The van der Waals surface area contributed by atoms with Gasteiger partial charge < -0.3 is 5.32 Å². The maximum atomic E-state index is 12.0. The van der Waals surface area contributed by atoms with Gasteiger partial charge in [0.2, 0.25) is 5.91 Å². The smallest absolute Gasteiger partial charge is 0.223 e. The lowest BCUT2D eigenvalue weighted by Crippen LogP contribution is -2.51. The highest BCUT2D eigenvalue weighted by atomic mass is 35.5. The van der Waals surface area contributed by atoms with Gasteiger partial charge in [-0.15, -0.1) is 23.2 Å². The Hall–Kier alpha value is 0.0500. The molecule has 0 saturated heterocycles. The predicted molar refractivity (Wildman–Crippen MR) is 71.3 cm³/mol. The lowest BCUT2D eigenvalue weighted by Gasteiger charge is -2.28. The van der Waals surface area contributed by atoms with E-state index in [0.717, 1.165) is 25.7 Å². The van der Waals surface area contributed by atoms with Crippen LogP contribution < -0.4 is 5.32 Å². The van der Waals surface area contributed by atoms with Crippen LogP contribution in [0.15, 0.2) is 0 Å². The molecule has 0 aliphatic carbocycles. The summed E-state index contributed by atoms with van der Waals surface area (Å²) in [6, 6.07) is 0. The molecular weight excluding hydrogens is 245 g/mol. The van der Waals surface area contributed by atoms with Crippen LogP contribution in [-0.4, -0.2) is 23.2 Å². The van der Waals surface area contributed by atoms with Crippen molar-refractivity contribution in [2.24, 2.45) is 5.92 Å². The van der Waals surface area contributed by atoms with Crippen molar-refractivity contribution < 1.29 is 4.79 Å². The first-order chi connectivity index (χ1) is 7.52. The number of alkyl halides is 2. The molecule has 1 amide bonds. The van der Waals surface area contributed by atoms with E-state index in [1.165, 1.54) is 0 Å². The fraction of sp³-hybridized carbons (Fsp3) is 0.917. The lowest BCUT2D eigenvalue weighted by molar-refractivity contribution is -0.126. The maximum absolute atomic E-state index is 12.0. The quantitative estimate of drug-likeness (QED) is 0.670. The highest BCUT2D eigenvalue weighted by Crippen LogP contribution is 2.16. The zero-order chi connectivity index (χ0) is 12.6. The number of hydrogen-bond acceptors (Lipinski definition) is 1. The number of hydrogen-bond donors (Lipinski definition) is 1. The summed E-state index contributed by atoms with van der Waals surface area (Å²) in [6.07, 6.45) is 3.91. The summed E-state index contributed by atoms with van der Waals surface area (Å²) in [6.45, 7) is 6.07. The van der Waals surface area contributed by atoms with E-state index in [4.69, 9.17) is 23.2 Å². The summed E-state index contributed by atoms with van der Waals surface area (Å²) in [5.41, 5.74) is -0.486. The van der Waals surface area contributed by atoms with Gasteiger partial charge in [0.05, 0.1) is 5.54 Å². The third-order valence-electron chi connectivity index (χ3n) is 2.66. The topological polar surface area (TPSA) is 29.1 Å². The number of carbonyl (C=O) groups is 1. The molecule has 1 N–H and O–H groups in total. The first kappa shape index (κ1) is 16.1. The number of halogens is 2. The summed E-state index contributed by atoms with van der Waals surface area (Å²) < 4.78 is 0. The van der Waals surface area contributed by atoms with Crippen molar-refractivity contribution in [3.8, 4) is 0 Å². The molecule has 4 heteroatoms. The molecule has 0 aromatic rings. The highest BCUT2D eigenvalue weighted by Gasteiger charge is 2.27. The van der Waals surface area contributed by atoms with Gasteiger partial charge in [-0.2, -0.15) is 0 Å². The summed E-state index contributed by atoms with van der Waals surface area (Å²) in [5, 5.41) is 2.96. The molecule has 0 atom stereocenters. The van der Waals surface area contributed by atoms with Gasteiger partial charge in [-0.05, 0) is 19.8 Å². The SMILES string of the molecule is CCCC(CCC)C(=O)NC(C)(CCl)CCl. The molecule has 0 radical (unpaired) electrons. The van der Waals surface area contributed by atoms with Gasteiger partial charge >= 0.3 is 0 Å². The van der Waals surface area contributed by atoms with E-state index in [0.29, 0.717) is 11.8 Å². The van der Waals surface area contributed by atoms with Gasteiger partial charge in [-0.1, -0.05) is 26.7 Å². The minimum atomic E-state index is -0.486. The van der Waals surface area contributed by atoms with Crippen LogP contribution in [0.2, 0.25) is 0 Å². The average molecular weight is 268 g/mol. The summed E-state index contributed by atoms with van der Waals surface area (Å²) in [4.78, 5) is 12.0. The van der Waals surface area contributed by atoms with Gasteiger partial charge in [-0.25, -0.2) is 0 Å². The van der Waals surface area contributed by atoms with Gasteiger partial charge in [0.25, 0.3) is 0 Å². The summed E-state index contributed by atoms with van der Waals surface area (Å²) in [7, 11) is 0. The second-order valence-corrected chi connectivity index (χ2v) is 5.13. The summed E-state index contributed by atoms with van der Waals surface area (Å²) in [5.74, 6) is 0.869. The molecule has 0 bridgehead atoms. The average Bonchev–Trinajstić information content (AvgIpc) is 2.28. The first-order valence-corrected chi connectivity index (χ1v) is 7.03. The predicted octanol–water partition coefficient (Wildman–Crippen LogP) is 3.56. The van der Waals surface area contributed by atoms with E-state index in [2.05, 4.69) is 19.2 Å². The first-order valence-electron chi connectivity index (χ1n) is 5.97. The van der Waals surface area contributed by atoms with E-state index in [-0.39, 0.29) is 11.8 Å². The molecule has 96 valence electrons. The third-order valence-corrected chi connectivity index (χ3v) is 3.84. The van der Waals surface area contributed by atoms with Crippen molar-refractivity contribution in [3.63, 3.8) is 0 Å². The highest BCUT2D eigenvalue weighted by molar-refractivity contribution is 6.22. The van der Waals surface area contributed by atoms with Gasteiger partial charge in [0.1, 0.15) is 0 Å². The Labute approximate surface area is 109 Å². The normalized spacial score (nSPS) is 11.9. The minimum Gasteiger partial charge on any atom is -0.348 e. The number of carbonyl (C=O) groups excluding carboxylic acids is 1. The molecule has 0 fully saturated rings. The van der Waals surface area contributed by atoms with Crippen LogP contribution in [0.4, 0.5) is 0 Å². The zero-order valence-electron chi connectivity index (χ0n) is 10.5. The fourth-order valence-corrected chi connectivity index (χ4v) is 2.02. The third kappa shape index (κ3) is 5.40. The molecule has 0 heterocycles. The van der Waals surface area contributed by atoms with E-state index < -0.39 is 5.54 Å². The van der Waals surface area contributed by atoms with Gasteiger partial charge in [-0.3, -0.25) is 4.79 Å². The molecule has 0 spiro atoms.